The molecule has 1 atom stereocenters. The molecule has 2 aromatic heterocycles. The van der Waals surface area contributed by atoms with Crippen molar-refractivity contribution in [2.45, 2.75) is 33.2 Å². The molecule has 0 spiro atoms. The molecule has 0 bridgehead atoms. The van der Waals surface area contributed by atoms with Crippen molar-refractivity contribution in [3.05, 3.63) is 17.0 Å². The minimum Gasteiger partial charge on any atom is -0.394 e. The van der Waals surface area contributed by atoms with Gasteiger partial charge in [0.25, 0.3) is 5.78 Å². The monoisotopic (exact) mass is 283 g/mol. The van der Waals surface area contributed by atoms with Gasteiger partial charge in [-0.2, -0.15) is 19.6 Å². The maximum Gasteiger partial charge on any atom is 0.255 e. The van der Waals surface area contributed by atoms with E-state index in [0.717, 1.165) is 17.8 Å². The van der Waals surface area contributed by atoms with Crippen molar-refractivity contribution in [2.24, 2.45) is 5.92 Å². The van der Waals surface area contributed by atoms with E-state index < -0.39 is 0 Å². The molecular formula is C12H18ClN5O. The third-order valence-electron chi connectivity index (χ3n) is 2.74. The van der Waals surface area contributed by atoms with Crippen molar-refractivity contribution in [2.75, 3.05) is 11.9 Å². The summed E-state index contributed by atoms with van der Waals surface area (Å²) in [5.41, 5.74) is 0.898. The van der Waals surface area contributed by atoms with E-state index in [2.05, 4.69) is 34.2 Å². The fourth-order valence-corrected chi connectivity index (χ4v) is 2.11. The predicted molar refractivity (Wildman–Crippen MR) is 74.5 cm³/mol. The maximum atomic E-state index is 9.20. The number of nitrogens with zero attached hydrogens (tertiary/aromatic N) is 4. The first-order chi connectivity index (χ1) is 9.02. The quantitative estimate of drug-likeness (QED) is 0.818. The van der Waals surface area contributed by atoms with Crippen molar-refractivity contribution in [3.63, 3.8) is 0 Å². The van der Waals surface area contributed by atoms with Crippen molar-refractivity contribution >= 4 is 23.2 Å². The summed E-state index contributed by atoms with van der Waals surface area (Å²) >= 11 is 6.24. The number of anilines is 1. The summed E-state index contributed by atoms with van der Waals surface area (Å²) in [6, 6.07) is -0.100. The molecule has 2 heterocycles. The van der Waals surface area contributed by atoms with Gasteiger partial charge in [-0.1, -0.05) is 25.4 Å². The van der Waals surface area contributed by atoms with Crippen LogP contribution in [0.15, 0.2) is 6.33 Å². The van der Waals surface area contributed by atoms with Gasteiger partial charge >= 0.3 is 0 Å². The van der Waals surface area contributed by atoms with E-state index in [4.69, 9.17) is 11.6 Å². The Bertz CT molecular complexity index is 568. The summed E-state index contributed by atoms with van der Waals surface area (Å²) in [5, 5.41) is 17.0. The van der Waals surface area contributed by atoms with E-state index in [9.17, 15) is 5.11 Å². The second-order valence-corrected chi connectivity index (χ2v) is 5.39. The van der Waals surface area contributed by atoms with Crippen molar-refractivity contribution < 1.29 is 5.11 Å². The lowest BCUT2D eigenvalue weighted by Gasteiger charge is -2.18. The van der Waals surface area contributed by atoms with Crippen LogP contribution in [0.2, 0.25) is 5.15 Å². The molecule has 2 aromatic rings. The Morgan fingerprint density at radius 2 is 2.16 bits per heavy atom. The molecule has 6 nitrogen and oxygen atoms in total. The first kappa shape index (κ1) is 14.0. The number of halogens is 1. The number of aliphatic hydroxyl groups is 1. The lowest BCUT2D eigenvalue weighted by Crippen LogP contribution is -2.23. The summed E-state index contributed by atoms with van der Waals surface area (Å²) in [7, 11) is 0. The maximum absolute atomic E-state index is 9.20. The van der Waals surface area contributed by atoms with Crippen LogP contribution in [0.3, 0.4) is 0 Å². The van der Waals surface area contributed by atoms with Crippen LogP contribution in [-0.4, -0.2) is 37.3 Å². The molecule has 104 valence electrons. The molecular weight excluding hydrogens is 266 g/mol. The van der Waals surface area contributed by atoms with Gasteiger partial charge in [0.05, 0.1) is 6.61 Å². The van der Waals surface area contributed by atoms with Crippen LogP contribution in [0.5, 0.6) is 0 Å². The standard InChI is InChI=1S/C12H18ClN5O/c1-7(2)4-9-10(13)17-12-14-6-15-18(12)11(9)16-8(3)5-19/h6-8,16,19H,4-5H2,1-3H3. The normalized spacial score (nSPS) is 13.2. The first-order valence-electron chi connectivity index (χ1n) is 6.28. The Balaban J connectivity index is 2.55. The molecule has 0 radical (unpaired) electrons. The minimum absolute atomic E-state index is 0.0251. The highest BCUT2D eigenvalue weighted by molar-refractivity contribution is 6.30. The number of fused-ring (bicyclic) bond motifs is 1. The molecule has 1 unspecified atom stereocenters. The number of hydrogen-bond acceptors (Lipinski definition) is 5. The fraction of sp³-hybridized carbons (Fsp3) is 0.583. The smallest absolute Gasteiger partial charge is 0.255 e. The lowest BCUT2D eigenvalue weighted by molar-refractivity contribution is 0.281. The average Bonchev–Trinajstić information content (AvgIpc) is 2.80. The zero-order valence-corrected chi connectivity index (χ0v) is 12.0. The van der Waals surface area contributed by atoms with E-state index in [1.54, 1.807) is 4.52 Å². The van der Waals surface area contributed by atoms with E-state index in [-0.39, 0.29) is 12.6 Å². The number of hydrogen-bond donors (Lipinski definition) is 2. The number of aromatic nitrogens is 4. The third kappa shape index (κ3) is 2.96. The molecule has 0 aromatic carbocycles. The van der Waals surface area contributed by atoms with Gasteiger partial charge in [-0.05, 0) is 19.3 Å². The van der Waals surface area contributed by atoms with Gasteiger partial charge in [0.1, 0.15) is 17.3 Å². The molecule has 0 fully saturated rings. The molecule has 0 amide bonds. The van der Waals surface area contributed by atoms with E-state index >= 15 is 0 Å². The Kier molecular flexibility index (Phi) is 4.21. The second-order valence-electron chi connectivity index (χ2n) is 5.03. The predicted octanol–water partition coefficient (Wildman–Crippen LogP) is 1.77. The zero-order chi connectivity index (χ0) is 14.0. The molecule has 0 saturated carbocycles. The highest BCUT2D eigenvalue weighted by Crippen LogP contribution is 2.26. The first-order valence-corrected chi connectivity index (χ1v) is 6.66. The molecule has 7 heteroatoms. The van der Waals surface area contributed by atoms with Crippen LogP contribution in [0, 0.1) is 5.92 Å². The van der Waals surface area contributed by atoms with Crippen LogP contribution in [-0.2, 0) is 6.42 Å². The van der Waals surface area contributed by atoms with E-state index in [0.29, 0.717) is 16.8 Å². The Labute approximate surface area is 116 Å². The summed E-state index contributed by atoms with van der Waals surface area (Å²) in [5.74, 6) is 1.64. The van der Waals surface area contributed by atoms with Gasteiger partial charge in [-0.3, -0.25) is 0 Å². The van der Waals surface area contributed by atoms with Crippen LogP contribution in [0.4, 0.5) is 5.82 Å². The summed E-state index contributed by atoms with van der Waals surface area (Å²) in [4.78, 5) is 8.28. The van der Waals surface area contributed by atoms with Gasteiger partial charge in [-0.25, -0.2) is 0 Å². The van der Waals surface area contributed by atoms with Crippen LogP contribution in [0.1, 0.15) is 26.3 Å². The summed E-state index contributed by atoms with van der Waals surface area (Å²) in [6.07, 6.45) is 2.22. The number of aliphatic hydroxyl groups excluding tert-OH is 1. The highest BCUT2D eigenvalue weighted by atomic mass is 35.5. The Morgan fingerprint density at radius 3 is 2.79 bits per heavy atom. The third-order valence-corrected chi connectivity index (χ3v) is 3.06. The molecule has 19 heavy (non-hydrogen) atoms. The highest BCUT2D eigenvalue weighted by Gasteiger charge is 2.17. The minimum atomic E-state index is -0.100. The van der Waals surface area contributed by atoms with Crippen LogP contribution in [0.25, 0.3) is 5.78 Å². The molecule has 0 aliphatic carbocycles. The van der Waals surface area contributed by atoms with Crippen molar-refractivity contribution in [1.82, 2.24) is 19.6 Å². The van der Waals surface area contributed by atoms with Gasteiger partial charge in [0.2, 0.25) is 0 Å². The topological polar surface area (TPSA) is 75.3 Å². The fourth-order valence-electron chi connectivity index (χ4n) is 1.87. The lowest BCUT2D eigenvalue weighted by atomic mass is 10.0. The zero-order valence-electron chi connectivity index (χ0n) is 11.3. The van der Waals surface area contributed by atoms with E-state index in [1.165, 1.54) is 6.33 Å². The van der Waals surface area contributed by atoms with Gasteiger partial charge in [0.15, 0.2) is 0 Å². The SMILES string of the molecule is CC(C)Cc1c(Cl)nc2ncnn2c1NC(C)CO. The summed E-state index contributed by atoms with van der Waals surface area (Å²) < 4.78 is 1.62. The van der Waals surface area contributed by atoms with Crippen molar-refractivity contribution in [1.29, 1.82) is 0 Å². The average molecular weight is 284 g/mol. The molecule has 0 aliphatic heterocycles. The molecule has 2 rings (SSSR count). The largest absolute Gasteiger partial charge is 0.394 e. The van der Waals surface area contributed by atoms with Gasteiger partial charge in [-0.15, -0.1) is 0 Å². The molecule has 2 N–H and O–H groups in total. The van der Waals surface area contributed by atoms with Crippen molar-refractivity contribution in [3.8, 4) is 0 Å². The summed E-state index contributed by atoms with van der Waals surface area (Å²) in [6.45, 7) is 6.13. The molecule has 0 aliphatic rings. The van der Waals surface area contributed by atoms with Gasteiger partial charge in [0, 0.05) is 11.6 Å². The Morgan fingerprint density at radius 1 is 1.42 bits per heavy atom. The molecule has 0 saturated heterocycles. The van der Waals surface area contributed by atoms with Crippen LogP contribution < -0.4 is 5.32 Å². The second kappa shape index (κ2) is 5.71. The van der Waals surface area contributed by atoms with Crippen LogP contribution >= 0.6 is 11.6 Å². The number of rotatable bonds is 5. The van der Waals surface area contributed by atoms with Gasteiger partial charge < -0.3 is 10.4 Å². The van der Waals surface area contributed by atoms with E-state index in [1.807, 2.05) is 6.92 Å². The Hall–Kier alpha value is -1.40. The number of nitrogens with one attached hydrogen (secondary N) is 1.